The number of halogens is 1. The van der Waals surface area contributed by atoms with E-state index in [1.165, 1.54) is 31.4 Å². The molecule has 0 unspecified atom stereocenters. The van der Waals surface area contributed by atoms with Crippen molar-refractivity contribution in [2.24, 2.45) is 5.92 Å². The van der Waals surface area contributed by atoms with E-state index in [1.807, 2.05) is 0 Å². The molecule has 1 aromatic carbocycles. The Labute approximate surface area is 105 Å². The number of amides is 1. The van der Waals surface area contributed by atoms with Gasteiger partial charge in [0.15, 0.2) is 0 Å². The first-order chi connectivity index (χ1) is 8.58. The quantitative estimate of drug-likeness (QED) is 0.770. The van der Waals surface area contributed by atoms with Crippen LogP contribution in [0.15, 0.2) is 18.2 Å². The zero-order chi connectivity index (χ0) is 13.3. The molecule has 18 heavy (non-hydrogen) atoms. The summed E-state index contributed by atoms with van der Waals surface area (Å²) in [6, 6.07) is 4.41. The molecule has 5 heteroatoms. The molecule has 1 aliphatic carbocycles. The first kappa shape index (κ1) is 12.8. The van der Waals surface area contributed by atoms with E-state index in [4.69, 9.17) is 9.57 Å². The van der Waals surface area contributed by atoms with Crippen LogP contribution < -0.4 is 4.74 Å². The standard InChI is InChI=1S/C13H16FNO3/c1-15(18-3)13(16)11-7-10(11)9-5-4-8(14)6-12(9)17-2/h4-6,10-11H,7H2,1-3H3/t10-,11+/m0/s1. The first-order valence-electron chi connectivity index (χ1n) is 5.73. The highest BCUT2D eigenvalue weighted by atomic mass is 19.1. The summed E-state index contributed by atoms with van der Waals surface area (Å²) in [7, 11) is 4.53. The van der Waals surface area contributed by atoms with E-state index in [9.17, 15) is 9.18 Å². The van der Waals surface area contributed by atoms with E-state index >= 15 is 0 Å². The normalized spacial score (nSPS) is 21.6. The Kier molecular flexibility index (Phi) is 3.52. The van der Waals surface area contributed by atoms with E-state index in [0.717, 1.165) is 12.0 Å². The Balaban J connectivity index is 2.14. The highest BCUT2D eigenvalue weighted by molar-refractivity contribution is 5.82. The number of hydrogen-bond donors (Lipinski definition) is 0. The Morgan fingerprint density at radius 1 is 1.44 bits per heavy atom. The van der Waals surface area contributed by atoms with Gasteiger partial charge in [0, 0.05) is 19.0 Å². The third-order valence-corrected chi connectivity index (χ3v) is 3.29. The zero-order valence-corrected chi connectivity index (χ0v) is 10.6. The summed E-state index contributed by atoms with van der Waals surface area (Å²) in [5.74, 6) is 0.0809. The van der Waals surface area contributed by atoms with E-state index in [0.29, 0.717) is 5.75 Å². The van der Waals surface area contributed by atoms with Crippen molar-refractivity contribution < 1.29 is 18.8 Å². The predicted octanol–water partition coefficient (Wildman–Crippen LogP) is 1.96. The summed E-state index contributed by atoms with van der Waals surface area (Å²) in [6.07, 6.45) is 0.745. The molecule has 2 atom stereocenters. The molecule has 4 nitrogen and oxygen atoms in total. The molecule has 0 heterocycles. The van der Waals surface area contributed by atoms with Crippen LogP contribution in [0.25, 0.3) is 0 Å². The number of methoxy groups -OCH3 is 1. The minimum absolute atomic E-state index is 0.0612. The van der Waals surface area contributed by atoms with Crippen LogP contribution in [0.4, 0.5) is 4.39 Å². The average Bonchev–Trinajstić information content (AvgIpc) is 3.16. The maximum absolute atomic E-state index is 13.1. The molecule has 1 amide bonds. The number of nitrogens with zero attached hydrogens (tertiary/aromatic N) is 1. The van der Waals surface area contributed by atoms with Gasteiger partial charge in [-0.1, -0.05) is 6.07 Å². The van der Waals surface area contributed by atoms with Crippen molar-refractivity contribution in [2.45, 2.75) is 12.3 Å². The number of hydroxylamine groups is 2. The molecular formula is C13H16FNO3. The number of carbonyl (C=O) groups is 1. The van der Waals surface area contributed by atoms with Crippen LogP contribution in [0.1, 0.15) is 17.9 Å². The van der Waals surface area contributed by atoms with Crippen LogP contribution >= 0.6 is 0 Å². The summed E-state index contributed by atoms with van der Waals surface area (Å²) >= 11 is 0. The van der Waals surface area contributed by atoms with Crippen LogP contribution in [0, 0.1) is 11.7 Å². The third kappa shape index (κ3) is 2.31. The summed E-state index contributed by atoms with van der Waals surface area (Å²) < 4.78 is 18.2. The topological polar surface area (TPSA) is 38.8 Å². The van der Waals surface area contributed by atoms with Crippen molar-refractivity contribution in [2.75, 3.05) is 21.3 Å². The van der Waals surface area contributed by atoms with Gasteiger partial charge < -0.3 is 4.74 Å². The van der Waals surface area contributed by atoms with Gasteiger partial charge in [0.05, 0.1) is 14.2 Å². The maximum Gasteiger partial charge on any atom is 0.249 e. The van der Waals surface area contributed by atoms with Crippen LogP contribution in [0.5, 0.6) is 5.75 Å². The van der Waals surface area contributed by atoms with Gasteiger partial charge in [-0.3, -0.25) is 9.63 Å². The number of benzene rings is 1. The van der Waals surface area contributed by atoms with Gasteiger partial charge in [0.2, 0.25) is 5.91 Å². The highest BCUT2D eigenvalue weighted by Crippen LogP contribution is 2.51. The zero-order valence-electron chi connectivity index (χ0n) is 10.6. The Morgan fingerprint density at radius 2 is 2.17 bits per heavy atom. The third-order valence-electron chi connectivity index (χ3n) is 3.29. The van der Waals surface area contributed by atoms with Crippen LogP contribution in [-0.2, 0) is 9.63 Å². The van der Waals surface area contributed by atoms with Gasteiger partial charge >= 0.3 is 0 Å². The summed E-state index contributed by atoms with van der Waals surface area (Å²) in [4.78, 5) is 16.7. The number of carbonyl (C=O) groups excluding carboxylic acids is 1. The SMILES string of the molecule is COc1cc(F)ccc1[C@@H]1C[C@H]1C(=O)N(C)OC. The lowest BCUT2D eigenvalue weighted by atomic mass is 10.1. The molecule has 0 N–H and O–H groups in total. The molecule has 1 aromatic rings. The van der Waals surface area contributed by atoms with E-state index in [2.05, 4.69) is 0 Å². The fraction of sp³-hybridized carbons (Fsp3) is 0.462. The second kappa shape index (κ2) is 4.94. The Hall–Kier alpha value is -1.62. The maximum atomic E-state index is 13.1. The molecule has 0 aliphatic heterocycles. The summed E-state index contributed by atoms with van der Waals surface area (Å²) in [5, 5.41) is 1.22. The van der Waals surface area contributed by atoms with Crippen LogP contribution in [-0.4, -0.2) is 32.2 Å². The summed E-state index contributed by atoms with van der Waals surface area (Å²) in [5.41, 5.74) is 0.877. The molecule has 1 aliphatic rings. The lowest BCUT2D eigenvalue weighted by Gasteiger charge is -2.14. The number of hydrogen-bond acceptors (Lipinski definition) is 3. The molecule has 0 spiro atoms. The Morgan fingerprint density at radius 3 is 2.78 bits per heavy atom. The first-order valence-corrected chi connectivity index (χ1v) is 5.73. The van der Waals surface area contributed by atoms with E-state index < -0.39 is 0 Å². The van der Waals surface area contributed by atoms with Crippen molar-refractivity contribution in [3.63, 3.8) is 0 Å². The average molecular weight is 253 g/mol. The predicted molar refractivity (Wildman–Crippen MR) is 63.6 cm³/mol. The molecule has 98 valence electrons. The molecule has 1 saturated carbocycles. The van der Waals surface area contributed by atoms with Gasteiger partial charge in [-0.15, -0.1) is 0 Å². The van der Waals surface area contributed by atoms with Crippen molar-refractivity contribution in [3.8, 4) is 5.75 Å². The van der Waals surface area contributed by atoms with Crippen molar-refractivity contribution >= 4 is 5.91 Å². The summed E-state index contributed by atoms with van der Waals surface area (Å²) in [6.45, 7) is 0. The Bertz CT molecular complexity index is 464. The lowest BCUT2D eigenvalue weighted by Crippen LogP contribution is -2.27. The fourth-order valence-corrected chi connectivity index (χ4v) is 2.13. The van der Waals surface area contributed by atoms with Gasteiger partial charge in [-0.05, 0) is 24.0 Å². The van der Waals surface area contributed by atoms with Gasteiger partial charge in [-0.25, -0.2) is 9.45 Å². The molecule has 0 bridgehead atoms. The van der Waals surface area contributed by atoms with Gasteiger partial charge in [0.25, 0.3) is 0 Å². The highest BCUT2D eigenvalue weighted by Gasteiger charge is 2.46. The second-order valence-electron chi connectivity index (χ2n) is 4.35. The van der Waals surface area contributed by atoms with Crippen LogP contribution in [0.2, 0.25) is 0 Å². The number of ether oxygens (including phenoxy) is 1. The van der Waals surface area contributed by atoms with E-state index in [-0.39, 0.29) is 23.6 Å². The minimum atomic E-state index is -0.340. The minimum Gasteiger partial charge on any atom is -0.496 e. The smallest absolute Gasteiger partial charge is 0.249 e. The van der Waals surface area contributed by atoms with Crippen molar-refractivity contribution in [3.05, 3.63) is 29.6 Å². The monoisotopic (exact) mass is 253 g/mol. The largest absolute Gasteiger partial charge is 0.496 e. The van der Waals surface area contributed by atoms with Gasteiger partial charge in [-0.2, -0.15) is 0 Å². The van der Waals surface area contributed by atoms with Crippen LogP contribution in [0.3, 0.4) is 0 Å². The molecule has 2 rings (SSSR count). The molecule has 0 radical (unpaired) electrons. The fourth-order valence-electron chi connectivity index (χ4n) is 2.13. The lowest BCUT2D eigenvalue weighted by molar-refractivity contribution is -0.170. The van der Waals surface area contributed by atoms with Crippen molar-refractivity contribution in [1.82, 2.24) is 5.06 Å². The van der Waals surface area contributed by atoms with Gasteiger partial charge in [0.1, 0.15) is 11.6 Å². The van der Waals surface area contributed by atoms with E-state index in [1.54, 1.807) is 13.1 Å². The second-order valence-corrected chi connectivity index (χ2v) is 4.35. The molecule has 1 fully saturated rings. The number of rotatable bonds is 4. The van der Waals surface area contributed by atoms with Crippen molar-refractivity contribution in [1.29, 1.82) is 0 Å². The molecular weight excluding hydrogens is 237 g/mol. The molecule has 0 aromatic heterocycles. The molecule has 0 saturated heterocycles.